The Bertz CT molecular complexity index is 805. The van der Waals surface area contributed by atoms with Gasteiger partial charge in [-0.3, -0.25) is 4.79 Å². The minimum Gasteiger partial charge on any atom is -0.338 e. The highest BCUT2D eigenvalue weighted by Crippen LogP contribution is 2.36. The lowest BCUT2D eigenvalue weighted by atomic mass is 9.84. The molecule has 0 spiro atoms. The molecule has 1 aliphatic carbocycles. The number of hydrogen-bond acceptors (Lipinski definition) is 4. The minimum atomic E-state index is 0.166. The van der Waals surface area contributed by atoms with Crippen LogP contribution in [-0.4, -0.2) is 38.4 Å². The standard InChI is InChI=1S/C20H28N4OS/c1-13-10-21-19(17-7-4-8-17)24(13)12-16-6-5-9-23(11-16)20(25)18-14(2)22-15(3)26-18/h10,16-17H,4-9,11-12H2,1-3H3. The maximum absolute atomic E-state index is 13.0. The fraction of sp³-hybridized carbons (Fsp3) is 0.650. The molecule has 2 aliphatic rings. The molecule has 0 N–H and O–H groups in total. The van der Waals surface area contributed by atoms with E-state index in [2.05, 4.69) is 16.5 Å². The number of aromatic nitrogens is 3. The van der Waals surface area contributed by atoms with Crippen LogP contribution in [0.5, 0.6) is 0 Å². The van der Waals surface area contributed by atoms with Gasteiger partial charge in [-0.1, -0.05) is 6.42 Å². The lowest BCUT2D eigenvalue weighted by molar-refractivity contribution is 0.0665. The zero-order valence-electron chi connectivity index (χ0n) is 16.0. The molecule has 1 unspecified atom stereocenters. The molecule has 0 aromatic carbocycles. The smallest absolute Gasteiger partial charge is 0.265 e. The number of piperidine rings is 1. The molecule has 1 saturated heterocycles. The first-order chi connectivity index (χ1) is 12.5. The predicted octanol–water partition coefficient (Wildman–Crippen LogP) is 4.08. The first-order valence-electron chi connectivity index (χ1n) is 9.78. The largest absolute Gasteiger partial charge is 0.338 e. The maximum Gasteiger partial charge on any atom is 0.265 e. The third-order valence-corrected chi connectivity index (χ3v) is 6.96. The van der Waals surface area contributed by atoms with Gasteiger partial charge in [-0.25, -0.2) is 9.97 Å². The van der Waals surface area contributed by atoms with Crippen molar-refractivity contribution >= 4 is 17.2 Å². The van der Waals surface area contributed by atoms with Gasteiger partial charge in [0.15, 0.2) is 0 Å². The van der Waals surface area contributed by atoms with E-state index in [0.29, 0.717) is 11.8 Å². The molecule has 2 fully saturated rings. The zero-order chi connectivity index (χ0) is 18.3. The molecular weight excluding hydrogens is 344 g/mol. The Hall–Kier alpha value is -1.69. The summed E-state index contributed by atoms with van der Waals surface area (Å²) in [6, 6.07) is 0. The summed E-state index contributed by atoms with van der Waals surface area (Å²) in [5.74, 6) is 2.59. The third kappa shape index (κ3) is 3.31. The van der Waals surface area contributed by atoms with Crippen molar-refractivity contribution in [2.45, 2.75) is 65.3 Å². The molecule has 26 heavy (non-hydrogen) atoms. The molecule has 1 atom stereocenters. The van der Waals surface area contributed by atoms with E-state index in [1.807, 2.05) is 24.9 Å². The number of hydrogen-bond donors (Lipinski definition) is 0. The van der Waals surface area contributed by atoms with Gasteiger partial charge < -0.3 is 9.47 Å². The zero-order valence-corrected chi connectivity index (χ0v) is 16.8. The normalized spacial score (nSPS) is 21.0. The molecular formula is C20H28N4OS. The molecule has 1 saturated carbocycles. The first kappa shape index (κ1) is 17.7. The van der Waals surface area contributed by atoms with Gasteiger partial charge in [0.2, 0.25) is 0 Å². The van der Waals surface area contributed by atoms with Crippen LogP contribution < -0.4 is 0 Å². The van der Waals surface area contributed by atoms with E-state index in [9.17, 15) is 4.79 Å². The summed E-state index contributed by atoms with van der Waals surface area (Å²) in [6.45, 7) is 8.77. The molecule has 0 bridgehead atoms. The van der Waals surface area contributed by atoms with Crippen LogP contribution in [0.3, 0.4) is 0 Å². The molecule has 0 radical (unpaired) electrons. The summed E-state index contributed by atoms with van der Waals surface area (Å²) in [5.41, 5.74) is 2.13. The minimum absolute atomic E-state index is 0.166. The van der Waals surface area contributed by atoms with Crippen LogP contribution >= 0.6 is 11.3 Å². The Morgan fingerprint density at radius 1 is 1.23 bits per heavy atom. The lowest BCUT2D eigenvalue weighted by Gasteiger charge is -2.34. The van der Waals surface area contributed by atoms with Crippen molar-refractivity contribution in [2.75, 3.05) is 13.1 Å². The van der Waals surface area contributed by atoms with E-state index < -0.39 is 0 Å². The number of nitrogens with zero attached hydrogens (tertiary/aromatic N) is 4. The Morgan fingerprint density at radius 2 is 2.04 bits per heavy atom. The van der Waals surface area contributed by atoms with Crippen LogP contribution in [0.1, 0.15) is 69.9 Å². The van der Waals surface area contributed by atoms with E-state index in [-0.39, 0.29) is 5.91 Å². The number of likely N-dealkylation sites (tertiary alicyclic amines) is 1. The summed E-state index contributed by atoms with van der Waals surface area (Å²) in [4.78, 5) is 24.9. The van der Waals surface area contributed by atoms with Crippen LogP contribution in [0, 0.1) is 26.7 Å². The summed E-state index contributed by atoms with van der Waals surface area (Å²) in [7, 11) is 0. The Kier molecular flexibility index (Phi) is 4.86. The van der Waals surface area contributed by atoms with Gasteiger partial charge in [0.25, 0.3) is 5.91 Å². The Balaban J connectivity index is 1.47. The molecule has 5 nitrogen and oxygen atoms in total. The van der Waals surface area contributed by atoms with Crippen LogP contribution in [0.25, 0.3) is 0 Å². The number of carbonyl (C=O) groups excluding carboxylic acids is 1. The number of imidazole rings is 1. The SMILES string of the molecule is Cc1nc(C)c(C(=O)N2CCCC(Cn3c(C)cnc3C3CCC3)C2)s1. The van der Waals surface area contributed by atoms with Crippen LogP contribution in [0.15, 0.2) is 6.20 Å². The van der Waals surface area contributed by atoms with Crippen molar-refractivity contribution < 1.29 is 4.79 Å². The van der Waals surface area contributed by atoms with Crippen molar-refractivity contribution in [2.24, 2.45) is 5.92 Å². The van der Waals surface area contributed by atoms with Crippen LogP contribution in [-0.2, 0) is 6.54 Å². The van der Waals surface area contributed by atoms with E-state index in [1.54, 1.807) is 0 Å². The van der Waals surface area contributed by atoms with Gasteiger partial charge in [0.1, 0.15) is 10.7 Å². The van der Waals surface area contributed by atoms with Crippen LogP contribution in [0.2, 0.25) is 0 Å². The van der Waals surface area contributed by atoms with Crippen molar-refractivity contribution in [3.8, 4) is 0 Å². The van der Waals surface area contributed by atoms with E-state index in [0.717, 1.165) is 41.6 Å². The van der Waals surface area contributed by atoms with E-state index in [4.69, 9.17) is 4.98 Å². The molecule has 1 amide bonds. The second-order valence-electron chi connectivity index (χ2n) is 7.90. The monoisotopic (exact) mass is 372 g/mol. The molecule has 6 heteroatoms. The van der Waals surface area contributed by atoms with E-state index >= 15 is 0 Å². The van der Waals surface area contributed by atoms with E-state index in [1.165, 1.54) is 48.5 Å². The molecule has 2 aromatic heterocycles. The van der Waals surface area contributed by atoms with Gasteiger partial charge in [-0.2, -0.15) is 0 Å². The van der Waals surface area contributed by atoms with Gasteiger partial charge in [-0.15, -0.1) is 11.3 Å². The quantitative estimate of drug-likeness (QED) is 0.812. The molecule has 1 aliphatic heterocycles. The fourth-order valence-corrected chi connectivity index (χ4v) is 5.13. The number of carbonyl (C=O) groups is 1. The van der Waals surface area contributed by atoms with Crippen LogP contribution in [0.4, 0.5) is 0 Å². The predicted molar refractivity (Wildman–Crippen MR) is 104 cm³/mol. The highest BCUT2D eigenvalue weighted by Gasteiger charge is 2.29. The third-order valence-electron chi connectivity index (χ3n) is 5.90. The summed E-state index contributed by atoms with van der Waals surface area (Å²) in [5, 5.41) is 0.971. The van der Waals surface area contributed by atoms with Crippen molar-refractivity contribution in [1.82, 2.24) is 19.4 Å². The molecule has 2 aromatic rings. The topological polar surface area (TPSA) is 51.0 Å². The highest BCUT2D eigenvalue weighted by molar-refractivity contribution is 7.13. The molecule has 3 heterocycles. The lowest BCUT2D eigenvalue weighted by Crippen LogP contribution is -2.41. The molecule has 4 rings (SSSR count). The summed E-state index contributed by atoms with van der Waals surface area (Å²) in [6.07, 6.45) is 8.16. The number of thiazole rings is 1. The number of aryl methyl sites for hydroxylation is 3. The highest BCUT2D eigenvalue weighted by atomic mass is 32.1. The van der Waals surface area contributed by atoms with Gasteiger partial charge in [0, 0.05) is 37.4 Å². The molecule has 140 valence electrons. The summed E-state index contributed by atoms with van der Waals surface area (Å²) >= 11 is 1.52. The maximum atomic E-state index is 13.0. The van der Waals surface area contributed by atoms with Gasteiger partial charge >= 0.3 is 0 Å². The second-order valence-corrected chi connectivity index (χ2v) is 9.11. The summed E-state index contributed by atoms with van der Waals surface area (Å²) < 4.78 is 2.42. The Labute approximate surface area is 159 Å². The fourth-order valence-electron chi connectivity index (χ4n) is 4.24. The van der Waals surface area contributed by atoms with Crippen molar-refractivity contribution in [3.05, 3.63) is 33.3 Å². The average Bonchev–Trinajstić information content (AvgIpc) is 3.09. The number of amides is 1. The second kappa shape index (κ2) is 7.14. The van der Waals surface area contributed by atoms with Crippen molar-refractivity contribution in [1.29, 1.82) is 0 Å². The number of rotatable bonds is 4. The van der Waals surface area contributed by atoms with Gasteiger partial charge in [0.05, 0.1) is 10.7 Å². The van der Waals surface area contributed by atoms with Gasteiger partial charge in [-0.05, 0) is 52.4 Å². The average molecular weight is 373 g/mol. The Morgan fingerprint density at radius 3 is 2.69 bits per heavy atom. The first-order valence-corrected chi connectivity index (χ1v) is 10.6. The van der Waals surface area contributed by atoms with Crippen molar-refractivity contribution in [3.63, 3.8) is 0 Å².